The molecule has 1 aliphatic rings. The lowest BCUT2D eigenvalue weighted by Crippen LogP contribution is -2.38. The molecule has 8 nitrogen and oxygen atoms in total. The summed E-state index contributed by atoms with van der Waals surface area (Å²) < 4.78 is 14.2. The van der Waals surface area contributed by atoms with Crippen LogP contribution in [0.15, 0.2) is 12.0 Å². The monoisotopic (exact) mass is 230 g/mol. The maximum absolute atomic E-state index is 11.2. The van der Waals surface area contributed by atoms with E-state index in [-0.39, 0.29) is 12.4 Å². The molecule has 3 amide bonds. The summed E-state index contributed by atoms with van der Waals surface area (Å²) in [5.41, 5.74) is 4.68. The fourth-order valence-electron chi connectivity index (χ4n) is 0.851. The number of imide groups is 1. The first-order valence-electron chi connectivity index (χ1n) is 4.30. The van der Waals surface area contributed by atoms with Gasteiger partial charge in [0.1, 0.15) is 19.5 Å². The van der Waals surface area contributed by atoms with Crippen molar-refractivity contribution in [2.24, 2.45) is 5.73 Å². The van der Waals surface area contributed by atoms with Gasteiger partial charge in [0.25, 0.3) is 5.91 Å². The molecule has 1 aliphatic heterocycles. The number of carbonyl (C=O) groups excluding carboxylic acids is 3. The molecule has 3 N–H and O–H groups in total. The summed E-state index contributed by atoms with van der Waals surface area (Å²) in [7, 11) is 0. The zero-order valence-electron chi connectivity index (χ0n) is 8.23. The van der Waals surface area contributed by atoms with Crippen LogP contribution in [-0.4, -0.2) is 37.7 Å². The molecule has 0 saturated heterocycles. The van der Waals surface area contributed by atoms with Crippen LogP contribution >= 0.6 is 0 Å². The van der Waals surface area contributed by atoms with Gasteiger partial charge in [-0.25, -0.2) is 9.59 Å². The van der Waals surface area contributed by atoms with Crippen molar-refractivity contribution >= 4 is 17.9 Å². The minimum Gasteiger partial charge on any atom is -0.493 e. The lowest BCUT2D eigenvalue weighted by Gasteiger charge is -2.13. The molecule has 0 aromatic rings. The van der Waals surface area contributed by atoms with E-state index in [1.54, 1.807) is 5.32 Å². The number of urea groups is 1. The molecule has 0 saturated carbocycles. The summed E-state index contributed by atoms with van der Waals surface area (Å²) in [6, 6.07) is -1.02. The quantitative estimate of drug-likeness (QED) is 0.576. The van der Waals surface area contributed by atoms with Crippen LogP contribution in [-0.2, 0) is 23.8 Å². The van der Waals surface area contributed by atoms with Crippen molar-refractivity contribution in [3.63, 3.8) is 0 Å². The number of ether oxygens (including phenoxy) is 3. The number of hydrogen-bond acceptors (Lipinski definition) is 6. The van der Waals surface area contributed by atoms with E-state index >= 15 is 0 Å². The average Bonchev–Trinajstić information content (AvgIpc) is 2.26. The van der Waals surface area contributed by atoms with E-state index in [0.717, 1.165) is 6.26 Å². The molecule has 0 aromatic heterocycles. The number of nitrogens with one attached hydrogen (secondary N) is 1. The molecule has 0 spiro atoms. The fourth-order valence-corrected chi connectivity index (χ4v) is 0.851. The van der Waals surface area contributed by atoms with Gasteiger partial charge in [-0.05, 0) is 0 Å². The molecular weight excluding hydrogens is 220 g/mol. The summed E-state index contributed by atoms with van der Waals surface area (Å²) in [4.78, 5) is 32.3. The highest BCUT2D eigenvalue weighted by Crippen LogP contribution is 2.05. The Kier molecular flexibility index (Phi) is 4.13. The maximum atomic E-state index is 11.2. The number of nitrogens with two attached hydrogens (primary N) is 1. The molecule has 0 bridgehead atoms. The predicted octanol–water partition coefficient (Wildman–Crippen LogP) is -1.39. The van der Waals surface area contributed by atoms with Crippen LogP contribution < -0.4 is 11.1 Å². The molecule has 1 rings (SSSR count). The van der Waals surface area contributed by atoms with Gasteiger partial charge in [0, 0.05) is 0 Å². The summed E-state index contributed by atoms with van der Waals surface area (Å²) >= 11 is 0. The Balaban J connectivity index is 2.32. The number of rotatable bonds is 3. The standard InChI is InChI=1S/C8H10N2O6/c9-8(13)10-6(11)4-16-7(12)5-3-14-1-2-15-5/h3H,1-2,4H2,(H3,9,10,11,13). The number of primary amides is 1. The van der Waals surface area contributed by atoms with Crippen LogP contribution in [0.1, 0.15) is 0 Å². The molecule has 0 aromatic carbocycles. The minimum atomic E-state index is -1.02. The Morgan fingerprint density at radius 1 is 1.44 bits per heavy atom. The smallest absolute Gasteiger partial charge is 0.377 e. The lowest BCUT2D eigenvalue weighted by atomic mass is 10.5. The third-order valence-corrected chi connectivity index (χ3v) is 1.45. The molecule has 88 valence electrons. The molecule has 0 unspecified atom stereocenters. The van der Waals surface area contributed by atoms with Crippen LogP contribution in [0.4, 0.5) is 4.79 Å². The van der Waals surface area contributed by atoms with Crippen molar-refractivity contribution in [1.29, 1.82) is 0 Å². The number of carbonyl (C=O) groups is 3. The summed E-state index contributed by atoms with van der Waals surface area (Å²) in [5.74, 6) is -1.80. The first kappa shape index (κ1) is 11.8. The van der Waals surface area contributed by atoms with Crippen molar-refractivity contribution in [3.8, 4) is 0 Å². The van der Waals surface area contributed by atoms with E-state index in [2.05, 4.69) is 10.5 Å². The van der Waals surface area contributed by atoms with Crippen molar-refractivity contribution in [3.05, 3.63) is 12.0 Å². The molecule has 16 heavy (non-hydrogen) atoms. The van der Waals surface area contributed by atoms with E-state index in [1.165, 1.54) is 0 Å². The Labute approximate surface area is 90.3 Å². The van der Waals surface area contributed by atoms with Crippen molar-refractivity contribution in [1.82, 2.24) is 5.32 Å². The first-order chi connectivity index (χ1) is 7.59. The maximum Gasteiger partial charge on any atom is 0.377 e. The van der Waals surface area contributed by atoms with Gasteiger partial charge < -0.3 is 19.9 Å². The summed E-state index contributed by atoms with van der Waals surface area (Å²) in [5, 5.41) is 1.73. The summed E-state index contributed by atoms with van der Waals surface area (Å²) in [6.07, 6.45) is 1.10. The second-order valence-electron chi connectivity index (χ2n) is 2.69. The second-order valence-corrected chi connectivity index (χ2v) is 2.69. The van der Waals surface area contributed by atoms with Gasteiger partial charge >= 0.3 is 12.0 Å². The zero-order valence-corrected chi connectivity index (χ0v) is 8.23. The van der Waals surface area contributed by atoms with Gasteiger partial charge in [-0.1, -0.05) is 0 Å². The normalized spacial score (nSPS) is 13.9. The van der Waals surface area contributed by atoms with Gasteiger partial charge in [-0.15, -0.1) is 0 Å². The van der Waals surface area contributed by atoms with E-state index in [1.807, 2.05) is 0 Å². The van der Waals surface area contributed by atoms with E-state index < -0.39 is 24.5 Å². The fraction of sp³-hybridized carbons (Fsp3) is 0.375. The zero-order chi connectivity index (χ0) is 12.0. The molecule has 0 aliphatic carbocycles. The Morgan fingerprint density at radius 3 is 2.75 bits per heavy atom. The molecule has 8 heteroatoms. The third-order valence-electron chi connectivity index (χ3n) is 1.45. The molecule has 0 atom stereocenters. The molecular formula is C8H10N2O6. The van der Waals surface area contributed by atoms with Gasteiger partial charge in [0.05, 0.1) is 0 Å². The number of amides is 3. The largest absolute Gasteiger partial charge is 0.493 e. The Hall–Kier alpha value is -2.25. The van der Waals surface area contributed by atoms with Gasteiger partial charge in [-0.3, -0.25) is 10.1 Å². The topological polar surface area (TPSA) is 117 Å². The third kappa shape index (κ3) is 3.86. The van der Waals surface area contributed by atoms with E-state index in [0.29, 0.717) is 6.61 Å². The highest BCUT2D eigenvalue weighted by Gasteiger charge is 2.18. The first-order valence-corrected chi connectivity index (χ1v) is 4.30. The molecule has 0 radical (unpaired) electrons. The Bertz CT molecular complexity index is 337. The van der Waals surface area contributed by atoms with E-state index in [4.69, 9.17) is 9.47 Å². The van der Waals surface area contributed by atoms with Crippen LogP contribution in [0, 0.1) is 0 Å². The van der Waals surface area contributed by atoms with Gasteiger partial charge in [0.15, 0.2) is 6.61 Å². The number of hydrogen-bond donors (Lipinski definition) is 2. The van der Waals surface area contributed by atoms with Crippen molar-refractivity contribution in [2.75, 3.05) is 19.8 Å². The van der Waals surface area contributed by atoms with Gasteiger partial charge in [-0.2, -0.15) is 0 Å². The van der Waals surface area contributed by atoms with Crippen LogP contribution in [0.3, 0.4) is 0 Å². The minimum absolute atomic E-state index is 0.127. The van der Waals surface area contributed by atoms with Crippen LogP contribution in [0.2, 0.25) is 0 Å². The Morgan fingerprint density at radius 2 is 2.19 bits per heavy atom. The lowest BCUT2D eigenvalue weighted by molar-refractivity contribution is -0.148. The molecule has 0 fully saturated rings. The highest BCUT2D eigenvalue weighted by atomic mass is 16.6. The predicted molar refractivity (Wildman–Crippen MR) is 48.7 cm³/mol. The van der Waals surface area contributed by atoms with Crippen LogP contribution in [0.25, 0.3) is 0 Å². The molecule has 1 heterocycles. The highest BCUT2D eigenvalue weighted by molar-refractivity contribution is 5.95. The average molecular weight is 230 g/mol. The second kappa shape index (κ2) is 5.59. The van der Waals surface area contributed by atoms with E-state index in [9.17, 15) is 14.4 Å². The van der Waals surface area contributed by atoms with Crippen LogP contribution in [0.5, 0.6) is 0 Å². The summed E-state index contributed by atoms with van der Waals surface area (Å²) in [6.45, 7) is -0.0458. The van der Waals surface area contributed by atoms with Crippen molar-refractivity contribution < 1.29 is 28.6 Å². The SMILES string of the molecule is NC(=O)NC(=O)COC(=O)C1=COCCO1. The van der Waals surface area contributed by atoms with Crippen molar-refractivity contribution in [2.45, 2.75) is 0 Å². The van der Waals surface area contributed by atoms with Gasteiger partial charge in [0.2, 0.25) is 5.76 Å². The number of esters is 1.